The van der Waals surface area contributed by atoms with E-state index in [9.17, 15) is 27.5 Å². The van der Waals surface area contributed by atoms with Gasteiger partial charge in [-0.05, 0) is 62.2 Å². The van der Waals surface area contributed by atoms with Gasteiger partial charge in [0.1, 0.15) is 17.7 Å². The Morgan fingerprint density at radius 3 is 2.52 bits per heavy atom. The lowest BCUT2D eigenvalue weighted by Crippen LogP contribution is -2.48. The molecule has 230 valence electrons. The van der Waals surface area contributed by atoms with Crippen molar-refractivity contribution in [1.29, 1.82) is 0 Å². The Hall–Kier alpha value is -3.22. The number of carbonyl (C=O) groups is 2. The zero-order valence-corrected chi connectivity index (χ0v) is 25.2. The summed E-state index contributed by atoms with van der Waals surface area (Å²) in [6.45, 7) is 3.57. The van der Waals surface area contributed by atoms with E-state index in [-0.39, 0.29) is 54.9 Å². The zero-order valence-electron chi connectivity index (χ0n) is 24.4. The molecule has 1 fully saturated rings. The van der Waals surface area contributed by atoms with E-state index in [2.05, 4.69) is 10.6 Å². The highest BCUT2D eigenvalue weighted by Gasteiger charge is 2.33. The Morgan fingerprint density at radius 2 is 1.86 bits per heavy atom. The normalized spacial score (nSPS) is 21.0. The van der Waals surface area contributed by atoms with Crippen LogP contribution in [0.4, 0.5) is 14.9 Å². The molecular formula is C30H41FN4O6S. The number of sulfonamides is 1. The first-order valence-electron chi connectivity index (χ1n) is 14.5. The summed E-state index contributed by atoms with van der Waals surface area (Å²) in [6.07, 6.45) is 4.56. The topological polar surface area (TPSA) is 128 Å². The molecule has 0 saturated heterocycles. The SMILES string of the molecule is C[C@@H]1CN([C@@H](C)CO)C(=O)Cc2cc(NC(=O)NC3CCCCC3)ccc2O[C@H]1CN(C)S(=O)(=O)c1ccc(F)cc1. The molecule has 1 aliphatic heterocycles. The largest absolute Gasteiger partial charge is 0.488 e. The fraction of sp³-hybridized carbons (Fsp3) is 0.533. The molecule has 1 saturated carbocycles. The number of urea groups is 1. The second kappa shape index (κ2) is 13.8. The third-order valence-corrected chi connectivity index (χ3v) is 9.91. The van der Waals surface area contributed by atoms with Crippen LogP contribution in [0, 0.1) is 11.7 Å². The number of rotatable bonds is 8. The van der Waals surface area contributed by atoms with Gasteiger partial charge in [-0.3, -0.25) is 4.79 Å². The second-order valence-electron chi connectivity index (χ2n) is 11.4. The quantitative estimate of drug-likeness (QED) is 0.421. The average molecular weight is 605 g/mol. The van der Waals surface area contributed by atoms with E-state index in [0.717, 1.165) is 42.1 Å². The maximum atomic E-state index is 13.4. The van der Waals surface area contributed by atoms with E-state index in [0.29, 0.717) is 17.0 Å². The van der Waals surface area contributed by atoms with Gasteiger partial charge in [0, 0.05) is 36.8 Å². The standard InChI is InChI=1S/C30H41FN4O6S/c1-20-17-35(21(2)19-36)29(37)16-22-15-25(33-30(38)32-24-7-5-4-6-8-24)11-14-27(22)41-28(20)18-34(3)42(39,40)26-12-9-23(31)10-13-26/h9-15,20-21,24,28,36H,4-8,16-19H2,1-3H3,(H2,32,33,38)/t20-,21+,28+/m1/s1. The summed E-state index contributed by atoms with van der Waals surface area (Å²) in [5.74, 6) is -0.669. The van der Waals surface area contributed by atoms with E-state index >= 15 is 0 Å². The van der Waals surface area contributed by atoms with Crippen LogP contribution >= 0.6 is 0 Å². The average Bonchev–Trinajstić information content (AvgIpc) is 3.00. The van der Waals surface area contributed by atoms with Crippen molar-refractivity contribution in [2.45, 2.75) is 75.5 Å². The number of hydrogen-bond acceptors (Lipinski definition) is 6. The summed E-state index contributed by atoms with van der Waals surface area (Å²) in [7, 11) is -2.52. The fourth-order valence-corrected chi connectivity index (χ4v) is 6.65. The first-order valence-corrected chi connectivity index (χ1v) is 15.9. The third-order valence-electron chi connectivity index (χ3n) is 8.07. The van der Waals surface area contributed by atoms with Crippen LogP contribution in [0.5, 0.6) is 5.75 Å². The first kappa shape index (κ1) is 31.7. The third kappa shape index (κ3) is 7.78. The number of halogens is 1. The molecule has 10 nitrogen and oxygen atoms in total. The summed E-state index contributed by atoms with van der Waals surface area (Å²) < 4.78 is 47.5. The van der Waals surface area contributed by atoms with Crippen LogP contribution in [-0.2, 0) is 21.2 Å². The van der Waals surface area contributed by atoms with Crippen LogP contribution in [0.2, 0.25) is 0 Å². The van der Waals surface area contributed by atoms with Gasteiger partial charge in [-0.2, -0.15) is 4.31 Å². The van der Waals surface area contributed by atoms with Crippen molar-refractivity contribution in [1.82, 2.24) is 14.5 Å². The number of amides is 3. The highest BCUT2D eigenvalue weighted by Crippen LogP contribution is 2.30. The van der Waals surface area contributed by atoms with Gasteiger partial charge in [0.2, 0.25) is 15.9 Å². The molecule has 2 aromatic rings. The molecule has 0 radical (unpaired) electrons. The maximum absolute atomic E-state index is 13.4. The Kier molecular flexibility index (Phi) is 10.4. The summed E-state index contributed by atoms with van der Waals surface area (Å²) in [5, 5.41) is 15.7. The summed E-state index contributed by atoms with van der Waals surface area (Å²) in [4.78, 5) is 27.7. The molecular weight excluding hydrogens is 563 g/mol. The molecule has 1 aliphatic carbocycles. The lowest BCUT2D eigenvalue weighted by molar-refractivity contribution is -0.134. The van der Waals surface area contributed by atoms with Crippen molar-refractivity contribution < 1.29 is 32.2 Å². The molecule has 0 aromatic heterocycles. The van der Waals surface area contributed by atoms with Gasteiger partial charge in [0.25, 0.3) is 0 Å². The molecule has 0 spiro atoms. The predicted molar refractivity (Wildman–Crippen MR) is 157 cm³/mol. The van der Waals surface area contributed by atoms with E-state index in [4.69, 9.17) is 4.74 Å². The summed E-state index contributed by atoms with van der Waals surface area (Å²) >= 11 is 0. The molecule has 0 unspecified atom stereocenters. The number of nitrogens with zero attached hydrogens (tertiary/aromatic N) is 2. The number of nitrogens with one attached hydrogen (secondary N) is 2. The van der Waals surface area contributed by atoms with Crippen molar-refractivity contribution in [2.24, 2.45) is 5.92 Å². The van der Waals surface area contributed by atoms with Crippen LogP contribution in [-0.4, -0.2) is 79.6 Å². The van der Waals surface area contributed by atoms with Gasteiger partial charge in [0.15, 0.2) is 0 Å². The van der Waals surface area contributed by atoms with E-state index in [1.54, 1.807) is 30.0 Å². The van der Waals surface area contributed by atoms with Crippen LogP contribution < -0.4 is 15.4 Å². The minimum absolute atomic E-state index is 0.0252. The fourth-order valence-electron chi connectivity index (χ4n) is 5.46. The van der Waals surface area contributed by atoms with Crippen molar-refractivity contribution in [3.8, 4) is 5.75 Å². The van der Waals surface area contributed by atoms with E-state index < -0.39 is 28.0 Å². The number of carbonyl (C=O) groups excluding carboxylic acids is 2. The van der Waals surface area contributed by atoms with Gasteiger partial charge in [0.05, 0.1) is 30.5 Å². The molecule has 3 amide bonds. The number of hydrogen-bond donors (Lipinski definition) is 3. The van der Waals surface area contributed by atoms with Crippen LogP contribution in [0.3, 0.4) is 0 Å². The highest BCUT2D eigenvalue weighted by atomic mass is 32.2. The smallest absolute Gasteiger partial charge is 0.319 e. The molecule has 1 heterocycles. The van der Waals surface area contributed by atoms with Crippen molar-refractivity contribution in [3.05, 3.63) is 53.8 Å². The Morgan fingerprint density at radius 1 is 1.17 bits per heavy atom. The van der Waals surface area contributed by atoms with Gasteiger partial charge in [-0.15, -0.1) is 0 Å². The van der Waals surface area contributed by atoms with Crippen molar-refractivity contribution >= 4 is 27.6 Å². The zero-order chi connectivity index (χ0) is 30.4. The first-order chi connectivity index (χ1) is 20.0. The van der Waals surface area contributed by atoms with Gasteiger partial charge in [-0.25, -0.2) is 17.6 Å². The lowest BCUT2D eigenvalue weighted by atomic mass is 9.96. The summed E-state index contributed by atoms with van der Waals surface area (Å²) in [6, 6.07) is 9.04. The van der Waals surface area contributed by atoms with E-state index in [1.165, 1.54) is 25.6 Å². The highest BCUT2D eigenvalue weighted by molar-refractivity contribution is 7.89. The predicted octanol–water partition coefficient (Wildman–Crippen LogP) is 3.75. The number of anilines is 1. The maximum Gasteiger partial charge on any atom is 0.319 e. The number of aliphatic hydroxyl groups excluding tert-OH is 1. The molecule has 12 heteroatoms. The molecule has 0 bridgehead atoms. The Labute approximate surface area is 247 Å². The lowest BCUT2D eigenvalue weighted by Gasteiger charge is -2.33. The summed E-state index contributed by atoms with van der Waals surface area (Å²) in [5.41, 5.74) is 1.04. The number of fused-ring (bicyclic) bond motifs is 1. The molecule has 2 aliphatic rings. The number of benzene rings is 2. The second-order valence-corrected chi connectivity index (χ2v) is 13.4. The number of likely N-dealkylation sites (N-methyl/N-ethyl adjacent to an activating group) is 1. The van der Waals surface area contributed by atoms with Gasteiger partial charge in [-0.1, -0.05) is 26.2 Å². The molecule has 4 rings (SSSR count). The van der Waals surface area contributed by atoms with Crippen LogP contribution in [0.15, 0.2) is 47.4 Å². The molecule has 3 atom stereocenters. The Bertz CT molecular complexity index is 1350. The number of ether oxygens (including phenoxy) is 1. The van der Waals surface area contributed by atoms with Crippen LogP contribution in [0.1, 0.15) is 51.5 Å². The van der Waals surface area contributed by atoms with Crippen molar-refractivity contribution in [2.75, 3.05) is 32.1 Å². The van der Waals surface area contributed by atoms with Gasteiger partial charge >= 0.3 is 6.03 Å². The molecule has 2 aromatic carbocycles. The number of aliphatic hydroxyl groups is 1. The van der Waals surface area contributed by atoms with Crippen molar-refractivity contribution in [3.63, 3.8) is 0 Å². The minimum atomic E-state index is -3.95. The van der Waals surface area contributed by atoms with Crippen LogP contribution in [0.25, 0.3) is 0 Å². The molecule has 3 N–H and O–H groups in total. The molecule has 42 heavy (non-hydrogen) atoms. The Balaban J connectivity index is 1.59. The van der Waals surface area contributed by atoms with Gasteiger partial charge < -0.3 is 25.4 Å². The monoisotopic (exact) mass is 604 g/mol. The minimum Gasteiger partial charge on any atom is -0.488 e. The van der Waals surface area contributed by atoms with E-state index in [1.807, 2.05) is 6.92 Å².